The summed E-state index contributed by atoms with van der Waals surface area (Å²) < 4.78 is 5.31. The van der Waals surface area contributed by atoms with Crippen molar-refractivity contribution in [3.8, 4) is 0 Å². The molecule has 1 unspecified atom stereocenters. The Kier molecular flexibility index (Phi) is 4.97. The van der Waals surface area contributed by atoms with Crippen molar-refractivity contribution in [1.82, 2.24) is 0 Å². The zero-order chi connectivity index (χ0) is 12.8. The van der Waals surface area contributed by atoms with Gasteiger partial charge in [-0.3, -0.25) is 0 Å². The Balaban J connectivity index is 2.75. The number of rotatable bonds is 6. The van der Waals surface area contributed by atoms with Crippen LogP contribution in [0.4, 0.5) is 5.69 Å². The predicted octanol–water partition coefficient (Wildman–Crippen LogP) is 2.53. The quantitative estimate of drug-likeness (QED) is 0.798. The Morgan fingerprint density at radius 2 is 2.24 bits per heavy atom. The van der Waals surface area contributed by atoms with Crippen molar-refractivity contribution in [2.24, 2.45) is 0 Å². The summed E-state index contributed by atoms with van der Waals surface area (Å²) >= 11 is 0. The summed E-state index contributed by atoms with van der Waals surface area (Å²) in [6.45, 7) is 7.18. The lowest BCUT2D eigenvalue weighted by Crippen LogP contribution is -2.22. The van der Waals surface area contributed by atoms with Crippen molar-refractivity contribution in [2.45, 2.75) is 26.8 Å². The van der Waals surface area contributed by atoms with Gasteiger partial charge in [0, 0.05) is 18.3 Å². The van der Waals surface area contributed by atoms with Gasteiger partial charge in [-0.15, -0.1) is 0 Å². The maximum Gasteiger partial charge on any atom is 0.335 e. The first-order valence-electron chi connectivity index (χ1n) is 5.72. The summed E-state index contributed by atoms with van der Waals surface area (Å²) in [5.74, 6) is -0.912. The molecule has 0 radical (unpaired) electrons. The molecule has 0 aliphatic rings. The molecule has 0 aliphatic heterocycles. The third kappa shape index (κ3) is 4.07. The van der Waals surface area contributed by atoms with Gasteiger partial charge in [0.05, 0.1) is 12.2 Å². The number of carboxylic acids is 1. The Morgan fingerprint density at radius 3 is 2.82 bits per heavy atom. The fourth-order valence-electron chi connectivity index (χ4n) is 1.51. The largest absolute Gasteiger partial charge is 0.478 e. The summed E-state index contributed by atoms with van der Waals surface area (Å²) in [7, 11) is 0. The number of carbonyl (C=O) groups is 1. The Labute approximate surface area is 102 Å². The molecule has 4 heteroatoms. The van der Waals surface area contributed by atoms with E-state index in [1.54, 1.807) is 18.2 Å². The molecule has 0 bridgehead atoms. The lowest BCUT2D eigenvalue weighted by Gasteiger charge is -2.17. The number of nitrogens with one attached hydrogen (secondary N) is 1. The molecule has 0 aliphatic carbocycles. The van der Waals surface area contributed by atoms with Crippen LogP contribution in [0.15, 0.2) is 18.2 Å². The van der Waals surface area contributed by atoms with E-state index < -0.39 is 5.97 Å². The number of anilines is 1. The van der Waals surface area contributed by atoms with E-state index in [1.165, 1.54) is 0 Å². The van der Waals surface area contributed by atoms with E-state index in [1.807, 2.05) is 20.8 Å². The summed E-state index contributed by atoms with van der Waals surface area (Å²) in [6, 6.07) is 5.22. The maximum atomic E-state index is 10.9. The lowest BCUT2D eigenvalue weighted by molar-refractivity contribution is 0.0697. The van der Waals surface area contributed by atoms with Crippen LogP contribution < -0.4 is 5.32 Å². The zero-order valence-corrected chi connectivity index (χ0v) is 10.5. The summed E-state index contributed by atoms with van der Waals surface area (Å²) in [4.78, 5) is 10.9. The van der Waals surface area contributed by atoms with Crippen LogP contribution in [0.25, 0.3) is 0 Å². The molecule has 17 heavy (non-hydrogen) atoms. The fourth-order valence-corrected chi connectivity index (χ4v) is 1.51. The smallest absolute Gasteiger partial charge is 0.335 e. The first-order valence-corrected chi connectivity index (χ1v) is 5.72. The number of aryl methyl sites for hydroxylation is 1. The SMILES string of the molecule is CCOCC(C)Nc1cc(C(=O)O)ccc1C. The minimum Gasteiger partial charge on any atom is -0.478 e. The normalized spacial score (nSPS) is 12.2. The van der Waals surface area contributed by atoms with Crippen LogP contribution in [0.3, 0.4) is 0 Å². The molecule has 4 nitrogen and oxygen atoms in total. The van der Waals surface area contributed by atoms with E-state index >= 15 is 0 Å². The molecule has 1 rings (SSSR count). The highest BCUT2D eigenvalue weighted by atomic mass is 16.5. The maximum absolute atomic E-state index is 10.9. The highest BCUT2D eigenvalue weighted by molar-refractivity contribution is 5.89. The Hall–Kier alpha value is -1.55. The second-order valence-corrected chi connectivity index (χ2v) is 4.04. The van der Waals surface area contributed by atoms with Crippen molar-refractivity contribution in [3.05, 3.63) is 29.3 Å². The van der Waals surface area contributed by atoms with E-state index in [9.17, 15) is 4.79 Å². The molecule has 94 valence electrons. The number of ether oxygens (including phenoxy) is 1. The van der Waals surface area contributed by atoms with Crippen LogP contribution in [0, 0.1) is 6.92 Å². The van der Waals surface area contributed by atoms with E-state index in [0.29, 0.717) is 18.8 Å². The van der Waals surface area contributed by atoms with Gasteiger partial charge in [0.25, 0.3) is 0 Å². The molecule has 1 aromatic carbocycles. The van der Waals surface area contributed by atoms with E-state index in [2.05, 4.69) is 5.32 Å². The molecule has 0 amide bonds. The number of hydrogen-bond donors (Lipinski definition) is 2. The number of aromatic carboxylic acids is 1. The van der Waals surface area contributed by atoms with Crippen LogP contribution >= 0.6 is 0 Å². The van der Waals surface area contributed by atoms with Crippen LogP contribution in [0.2, 0.25) is 0 Å². The average Bonchev–Trinajstić information content (AvgIpc) is 2.29. The molecule has 1 aromatic rings. The molecule has 0 fully saturated rings. The van der Waals surface area contributed by atoms with Gasteiger partial charge in [-0.1, -0.05) is 6.07 Å². The Morgan fingerprint density at radius 1 is 1.53 bits per heavy atom. The summed E-state index contributed by atoms with van der Waals surface area (Å²) in [5.41, 5.74) is 2.16. The molecule has 0 spiro atoms. The van der Waals surface area contributed by atoms with Crippen molar-refractivity contribution >= 4 is 11.7 Å². The van der Waals surface area contributed by atoms with Gasteiger partial charge in [-0.25, -0.2) is 4.79 Å². The van der Waals surface area contributed by atoms with Crippen LogP contribution in [0.1, 0.15) is 29.8 Å². The second-order valence-electron chi connectivity index (χ2n) is 4.04. The van der Waals surface area contributed by atoms with Crippen LogP contribution in [-0.2, 0) is 4.74 Å². The second kappa shape index (κ2) is 6.25. The molecular weight excluding hydrogens is 218 g/mol. The molecular formula is C13H19NO3. The van der Waals surface area contributed by atoms with E-state index in [-0.39, 0.29) is 6.04 Å². The highest BCUT2D eigenvalue weighted by Crippen LogP contribution is 2.18. The average molecular weight is 237 g/mol. The number of hydrogen-bond acceptors (Lipinski definition) is 3. The number of carboxylic acid groups (broad SMARTS) is 1. The van der Waals surface area contributed by atoms with E-state index in [0.717, 1.165) is 11.3 Å². The van der Waals surface area contributed by atoms with Gasteiger partial charge in [0.1, 0.15) is 0 Å². The van der Waals surface area contributed by atoms with Gasteiger partial charge in [0.15, 0.2) is 0 Å². The topological polar surface area (TPSA) is 58.6 Å². The molecule has 1 atom stereocenters. The van der Waals surface area contributed by atoms with Gasteiger partial charge >= 0.3 is 5.97 Å². The zero-order valence-electron chi connectivity index (χ0n) is 10.5. The summed E-state index contributed by atoms with van der Waals surface area (Å²) in [5, 5.41) is 12.2. The molecule has 0 saturated heterocycles. The first kappa shape index (κ1) is 13.5. The standard InChI is InChI=1S/C13H19NO3/c1-4-17-8-10(3)14-12-7-11(13(15)16)6-5-9(12)2/h5-7,10,14H,4,8H2,1-3H3,(H,15,16). The van der Waals surface area contributed by atoms with Crippen LogP contribution in [0.5, 0.6) is 0 Å². The summed E-state index contributed by atoms with van der Waals surface area (Å²) in [6.07, 6.45) is 0. The van der Waals surface area contributed by atoms with Gasteiger partial charge in [-0.2, -0.15) is 0 Å². The van der Waals surface area contributed by atoms with Crippen molar-refractivity contribution < 1.29 is 14.6 Å². The number of benzene rings is 1. The minimum atomic E-state index is -0.912. The van der Waals surface area contributed by atoms with Gasteiger partial charge in [0.2, 0.25) is 0 Å². The molecule has 2 N–H and O–H groups in total. The Bertz CT molecular complexity index is 390. The third-order valence-corrected chi connectivity index (χ3v) is 2.46. The van der Waals surface area contributed by atoms with Crippen molar-refractivity contribution in [1.29, 1.82) is 0 Å². The molecule has 0 aromatic heterocycles. The van der Waals surface area contributed by atoms with Crippen LogP contribution in [-0.4, -0.2) is 30.3 Å². The lowest BCUT2D eigenvalue weighted by atomic mass is 10.1. The predicted molar refractivity (Wildman–Crippen MR) is 67.7 cm³/mol. The highest BCUT2D eigenvalue weighted by Gasteiger charge is 2.08. The molecule has 0 heterocycles. The monoisotopic (exact) mass is 237 g/mol. The van der Waals surface area contributed by atoms with Gasteiger partial charge < -0.3 is 15.2 Å². The first-order chi connectivity index (χ1) is 8.04. The fraction of sp³-hybridized carbons (Fsp3) is 0.462. The molecule has 0 saturated carbocycles. The van der Waals surface area contributed by atoms with Crippen molar-refractivity contribution in [2.75, 3.05) is 18.5 Å². The van der Waals surface area contributed by atoms with E-state index in [4.69, 9.17) is 9.84 Å². The third-order valence-electron chi connectivity index (χ3n) is 2.46. The van der Waals surface area contributed by atoms with Gasteiger partial charge in [-0.05, 0) is 38.5 Å². The minimum absolute atomic E-state index is 0.151. The van der Waals surface area contributed by atoms with Crippen molar-refractivity contribution in [3.63, 3.8) is 0 Å².